The minimum Gasteiger partial charge on any atom is -0.493 e. The lowest BCUT2D eigenvalue weighted by atomic mass is 10.1. The summed E-state index contributed by atoms with van der Waals surface area (Å²) in [5.41, 5.74) is 2.00. The summed E-state index contributed by atoms with van der Waals surface area (Å²) in [7, 11) is 6.32. The van der Waals surface area contributed by atoms with Crippen molar-refractivity contribution in [2.75, 3.05) is 26.6 Å². The first-order chi connectivity index (χ1) is 14.4. The minimum absolute atomic E-state index is 0.0375. The van der Waals surface area contributed by atoms with Gasteiger partial charge in [0, 0.05) is 7.05 Å². The number of nitrogens with zero attached hydrogens (tertiary/aromatic N) is 2. The molecule has 1 amide bonds. The van der Waals surface area contributed by atoms with E-state index in [0.29, 0.717) is 28.5 Å². The number of carbonyl (C=O) groups is 1. The molecule has 1 heterocycles. The van der Waals surface area contributed by atoms with Crippen molar-refractivity contribution in [3.8, 4) is 22.9 Å². The molecule has 30 heavy (non-hydrogen) atoms. The van der Waals surface area contributed by atoms with Gasteiger partial charge in [0.25, 0.3) is 5.56 Å². The van der Waals surface area contributed by atoms with Crippen molar-refractivity contribution in [3.05, 3.63) is 64.1 Å². The van der Waals surface area contributed by atoms with Crippen molar-refractivity contribution in [1.82, 2.24) is 9.36 Å². The predicted octanol–water partition coefficient (Wildman–Crippen LogP) is 2.69. The van der Waals surface area contributed by atoms with Crippen molar-refractivity contribution >= 4 is 11.6 Å². The van der Waals surface area contributed by atoms with Crippen LogP contribution in [0.4, 0.5) is 5.69 Å². The van der Waals surface area contributed by atoms with Gasteiger partial charge in [-0.2, -0.15) is 0 Å². The third-order valence-electron chi connectivity index (χ3n) is 4.91. The van der Waals surface area contributed by atoms with Gasteiger partial charge in [0.2, 0.25) is 11.7 Å². The van der Waals surface area contributed by atoms with E-state index in [1.165, 1.54) is 26.0 Å². The molecule has 1 aromatic heterocycles. The second kappa shape index (κ2) is 8.77. The number of carbonyl (C=O) groups excluding carboxylic acids is 1. The fourth-order valence-electron chi connectivity index (χ4n) is 3.32. The van der Waals surface area contributed by atoms with Gasteiger partial charge in [-0.25, -0.2) is 4.68 Å². The number of ether oxygens (including phenoxy) is 3. The number of hydrogen-bond acceptors (Lipinski definition) is 5. The summed E-state index contributed by atoms with van der Waals surface area (Å²) in [5, 5.41) is 2.76. The molecule has 8 nitrogen and oxygen atoms in total. The summed E-state index contributed by atoms with van der Waals surface area (Å²) in [6.07, 6.45) is 0.0375. The lowest BCUT2D eigenvalue weighted by Gasteiger charge is -2.14. The molecule has 0 radical (unpaired) electrons. The van der Waals surface area contributed by atoms with Crippen LogP contribution in [0.3, 0.4) is 0 Å². The average Bonchev–Trinajstić information content (AvgIpc) is 2.96. The number of benzene rings is 2. The molecule has 0 saturated carbocycles. The molecule has 1 N–H and O–H groups in total. The Balaban J connectivity index is 1.88. The molecular weight excluding hydrogens is 386 g/mol. The van der Waals surface area contributed by atoms with E-state index in [-0.39, 0.29) is 23.6 Å². The number of para-hydroxylation sites is 1. The number of rotatable bonds is 7. The standard InChI is InChI=1S/C22H25N3O5/c1-14-20(22(27)25(24(14)2)16-9-7-6-8-10-16)23-19(26)13-15-11-17(28-3)21(30-5)18(12-15)29-4/h6-12H,13H2,1-5H3,(H,23,26). The minimum atomic E-state index is -0.324. The monoisotopic (exact) mass is 411 g/mol. The Bertz CT molecular complexity index is 1090. The van der Waals surface area contributed by atoms with E-state index >= 15 is 0 Å². The van der Waals surface area contributed by atoms with Crippen molar-refractivity contribution in [2.24, 2.45) is 7.05 Å². The Labute approximate surface area is 174 Å². The zero-order valence-corrected chi connectivity index (χ0v) is 17.7. The first-order valence-corrected chi connectivity index (χ1v) is 9.34. The Kier molecular flexibility index (Phi) is 6.15. The molecule has 0 aliphatic carbocycles. The molecule has 0 unspecified atom stereocenters. The molecular formula is C22H25N3O5. The molecule has 0 fully saturated rings. The van der Waals surface area contributed by atoms with E-state index in [0.717, 1.165) is 5.69 Å². The van der Waals surface area contributed by atoms with E-state index in [9.17, 15) is 9.59 Å². The first-order valence-electron chi connectivity index (χ1n) is 9.34. The number of nitrogens with one attached hydrogen (secondary N) is 1. The van der Waals surface area contributed by atoms with Gasteiger partial charge in [-0.15, -0.1) is 0 Å². The summed E-state index contributed by atoms with van der Waals surface area (Å²) in [5.74, 6) is 1.05. The molecule has 8 heteroatoms. The van der Waals surface area contributed by atoms with Gasteiger partial charge in [-0.3, -0.25) is 14.3 Å². The zero-order valence-electron chi connectivity index (χ0n) is 17.7. The van der Waals surface area contributed by atoms with Crippen LogP contribution in [0.15, 0.2) is 47.3 Å². The van der Waals surface area contributed by atoms with Gasteiger partial charge in [-0.05, 0) is 36.8 Å². The molecule has 3 aromatic rings. The van der Waals surface area contributed by atoms with E-state index in [4.69, 9.17) is 14.2 Å². The molecule has 3 rings (SSSR count). The van der Waals surface area contributed by atoms with Crippen molar-refractivity contribution in [1.29, 1.82) is 0 Å². The van der Waals surface area contributed by atoms with E-state index in [2.05, 4.69) is 5.32 Å². The maximum Gasteiger partial charge on any atom is 0.295 e. The Hall–Kier alpha value is -3.68. The molecule has 0 aliphatic heterocycles. The molecule has 0 spiro atoms. The van der Waals surface area contributed by atoms with Crippen molar-refractivity contribution in [3.63, 3.8) is 0 Å². The van der Waals surface area contributed by atoms with Crippen LogP contribution < -0.4 is 25.1 Å². The average molecular weight is 411 g/mol. The highest BCUT2D eigenvalue weighted by molar-refractivity contribution is 5.93. The Morgan fingerprint density at radius 2 is 1.60 bits per heavy atom. The number of hydrogen-bond donors (Lipinski definition) is 1. The van der Waals surface area contributed by atoms with Crippen LogP contribution in [0.2, 0.25) is 0 Å². The smallest absolute Gasteiger partial charge is 0.295 e. The highest BCUT2D eigenvalue weighted by atomic mass is 16.5. The van der Waals surface area contributed by atoms with Crippen LogP contribution in [0.1, 0.15) is 11.3 Å². The summed E-state index contributed by atoms with van der Waals surface area (Å²) in [4.78, 5) is 25.7. The van der Waals surface area contributed by atoms with Crippen LogP contribution in [0.5, 0.6) is 17.2 Å². The van der Waals surface area contributed by atoms with Crippen molar-refractivity contribution in [2.45, 2.75) is 13.3 Å². The second-order valence-electron chi connectivity index (χ2n) is 6.70. The van der Waals surface area contributed by atoms with E-state index in [1.807, 2.05) is 30.3 Å². The number of aromatic nitrogens is 2. The fourth-order valence-corrected chi connectivity index (χ4v) is 3.32. The zero-order chi connectivity index (χ0) is 21.8. The molecule has 2 aromatic carbocycles. The number of methoxy groups -OCH3 is 3. The van der Waals surface area contributed by atoms with Gasteiger partial charge in [-0.1, -0.05) is 18.2 Å². The molecule has 0 bridgehead atoms. The Morgan fingerprint density at radius 3 is 2.13 bits per heavy atom. The molecule has 0 atom stereocenters. The van der Waals surface area contributed by atoms with Gasteiger partial charge in [0.1, 0.15) is 5.69 Å². The predicted molar refractivity (Wildman–Crippen MR) is 114 cm³/mol. The Morgan fingerprint density at radius 1 is 1.00 bits per heavy atom. The number of amides is 1. The third-order valence-corrected chi connectivity index (χ3v) is 4.91. The van der Waals surface area contributed by atoms with Crippen molar-refractivity contribution < 1.29 is 19.0 Å². The van der Waals surface area contributed by atoms with Crippen LogP contribution in [0.25, 0.3) is 5.69 Å². The maximum atomic E-state index is 13.0. The number of anilines is 1. The lowest BCUT2D eigenvalue weighted by Crippen LogP contribution is -2.23. The maximum absolute atomic E-state index is 13.0. The molecule has 158 valence electrons. The normalized spacial score (nSPS) is 10.6. The lowest BCUT2D eigenvalue weighted by molar-refractivity contribution is -0.115. The molecule has 0 saturated heterocycles. The fraction of sp³-hybridized carbons (Fsp3) is 0.273. The first kappa shape index (κ1) is 21.0. The van der Waals surface area contributed by atoms with Gasteiger partial charge >= 0.3 is 0 Å². The van der Waals surface area contributed by atoms with Crippen LogP contribution in [0, 0.1) is 6.92 Å². The molecule has 0 aliphatic rings. The van der Waals surface area contributed by atoms with Crippen LogP contribution in [-0.4, -0.2) is 36.6 Å². The van der Waals surface area contributed by atoms with Gasteiger partial charge < -0.3 is 19.5 Å². The summed E-state index contributed by atoms with van der Waals surface area (Å²) >= 11 is 0. The van der Waals surface area contributed by atoms with Crippen LogP contribution >= 0.6 is 0 Å². The SMILES string of the molecule is COc1cc(CC(=O)Nc2c(C)n(C)n(-c3ccccc3)c2=O)cc(OC)c1OC. The van der Waals surface area contributed by atoms with Gasteiger partial charge in [0.05, 0.1) is 39.1 Å². The summed E-state index contributed by atoms with van der Waals surface area (Å²) in [6.45, 7) is 1.79. The quantitative estimate of drug-likeness (QED) is 0.646. The second-order valence-corrected chi connectivity index (χ2v) is 6.70. The third kappa shape index (κ3) is 3.89. The highest BCUT2D eigenvalue weighted by Gasteiger charge is 2.19. The van der Waals surface area contributed by atoms with Crippen LogP contribution in [-0.2, 0) is 18.3 Å². The highest BCUT2D eigenvalue weighted by Crippen LogP contribution is 2.38. The topological polar surface area (TPSA) is 83.7 Å². The summed E-state index contributed by atoms with van der Waals surface area (Å²) < 4.78 is 19.2. The van der Waals surface area contributed by atoms with E-state index < -0.39 is 0 Å². The van der Waals surface area contributed by atoms with Gasteiger partial charge in [0.15, 0.2) is 11.5 Å². The summed E-state index contributed by atoms with van der Waals surface area (Å²) in [6, 6.07) is 12.7. The van der Waals surface area contributed by atoms with E-state index in [1.54, 1.807) is 30.8 Å². The largest absolute Gasteiger partial charge is 0.493 e.